The number of aromatic nitrogens is 2. The summed E-state index contributed by atoms with van der Waals surface area (Å²) >= 11 is 0. The van der Waals surface area contributed by atoms with Crippen LogP contribution < -0.4 is 0 Å². The molecule has 1 heterocycles. The molecule has 0 aliphatic heterocycles. The molecule has 72 valence electrons. The fourth-order valence-corrected chi connectivity index (χ4v) is 1.22. The zero-order chi connectivity index (χ0) is 9.97. The Morgan fingerprint density at radius 2 is 2.29 bits per heavy atom. The maximum Gasteiger partial charge on any atom is 0.117 e. The zero-order valence-corrected chi connectivity index (χ0v) is 8.07. The second kappa shape index (κ2) is 3.77. The largest absolute Gasteiger partial charge is 0.381 e. The van der Waals surface area contributed by atoms with Crippen LogP contribution in [0.25, 0.3) is 0 Å². The molecule has 0 bridgehead atoms. The third-order valence-corrected chi connectivity index (χ3v) is 2.09. The highest BCUT2D eigenvalue weighted by molar-refractivity contribution is 5.30. The summed E-state index contributed by atoms with van der Waals surface area (Å²) in [4.78, 5) is 8.21. The zero-order valence-electron chi connectivity index (χ0n) is 8.07. The Kier molecular flexibility index (Phi) is 2.47. The van der Waals surface area contributed by atoms with Gasteiger partial charge in [0.1, 0.15) is 18.1 Å². The van der Waals surface area contributed by atoms with Crippen molar-refractivity contribution in [2.75, 3.05) is 0 Å². The van der Waals surface area contributed by atoms with Gasteiger partial charge < -0.3 is 5.11 Å². The second-order valence-corrected chi connectivity index (χ2v) is 3.55. The number of rotatable bonds is 1. The molecular formula is C11H12N2O. The molecule has 0 amide bonds. The van der Waals surface area contributed by atoms with Crippen LogP contribution in [0.15, 0.2) is 12.4 Å². The van der Waals surface area contributed by atoms with Gasteiger partial charge in [0.15, 0.2) is 0 Å². The molecule has 0 saturated heterocycles. The summed E-state index contributed by atoms with van der Waals surface area (Å²) in [6.07, 6.45) is 3.38. The van der Waals surface area contributed by atoms with Gasteiger partial charge in [0, 0.05) is 11.6 Å². The van der Waals surface area contributed by atoms with Crippen molar-refractivity contribution in [1.82, 2.24) is 9.97 Å². The van der Waals surface area contributed by atoms with Gasteiger partial charge in [0.05, 0.1) is 0 Å². The molecule has 14 heavy (non-hydrogen) atoms. The number of hydrogen-bond donors (Lipinski definition) is 1. The van der Waals surface area contributed by atoms with Crippen LogP contribution >= 0.6 is 0 Å². The van der Waals surface area contributed by atoms with E-state index in [0.29, 0.717) is 11.6 Å². The van der Waals surface area contributed by atoms with E-state index in [-0.39, 0.29) is 0 Å². The molecule has 1 aliphatic carbocycles. The fourth-order valence-electron chi connectivity index (χ4n) is 1.22. The number of aliphatic hydroxyl groups excluding tert-OH is 1. The SMILES string of the molecule is C[C@@H](O)C#Cc1cc(C2CC2)ncn1. The summed E-state index contributed by atoms with van der Waals surface area (Å²) in [6, 6.07) is 1.91. The first kappa shape index (κ1) is 9.17. The number of hydrogen-bond acceptors (Lipinski definition) is 3. The number of aliphatic hydroxyl groups is 1. The number of nitrogens with zero attached hydrogens (tertiary/aromatic N) is 2. The minimum Gasteiger partial charge on any atom is -0.381 e. The van der Waals surface area contributed by atoms with Crippen LogP contribution in [0.1, 0.15) is 37.1 Å². The Bertz CT molecular complexity index is 386. The van der Waals surface area contributed by atoms with E-state index in [2.05, 4.69) is 21.8 Å². The van der Waals surface area contributed by atoms with Crippen LogP contribution in [0.4, 0.5) is 0 Å². The van der Waals surface area contributed by atoms with Crippen molar-refractivity contribution in [3.05, 3.63) is 23.8 Å². The molecule has 1 N–H and O–H groups in total. The summed E-state index contributed by atoms with van der Waals surface area (Å²) in [7, 11) is 0. The molecule has 0 unspecified atom stereocenters. The van der Waals surface area contributed by atoms with Gasteiger partial charge in [-0.2, -0.15) is 0 Å². The van der Waals surface area contributed by atoms with Crippen molar-refractivity contribution in [3.8, 4) is 11.8 Å². The lowest BCUT2D eigenvalue weighted by Gasteiger charge is -1.96. The highest BCUT2D eigenvalue weighted by Crippen LogP contribution is 2.38. The van der Waals surface area contributed by atoms with Crippen molar-refractivity contribution in [1.29, 1.82) is 0 Å². The minimum atomic E-state index is -0.602. The molecule has 1 aliphatic rings. The van der Waals surface area contributed by atoms with Crippen molar-refractivity contribution in [3.63, 3.8) is 0 Å². The average molecular weight is 188 g/mol. The summed E-state index contributed by atoms with van der Waals surface area (Å²) in [5.41, 5.74) is 1.78. The van der Waals surface area contributed by atoms with Crippen LogP contribution in [0.3, 0.4) is 0 Å². The maximum atomic E-state index is 8.99. The van der Waals surface area contributed by atoms with Gasteiger partial charge in [-0.3, -0.25) is 0 Å². The Hall–Kier alpha value is -1.40. The van der Waals surface area contributed by atoms with E-state index in [9.17, 15) is 0 Å². The lowest BCUT2D eigenvalue weighted by Crippen LogP contribution is -1.95. The molecule has 3 heteroatoms. The Balaban J connectivity index is 2.18. The molecule has 1 fully saturated rings. The predicted octanol–water partition coefficient (Wildman–Crippen LogP) is 1.09. The highest BCUT2D eigenvalue weighted by Gasteiger charge is 2.24. The van der Waals surface area contributed by atoms with Crippen molar-refractivity contribution in [2.45, 2.75) is 31.8 Å². The predicted molar refractivity (Wildman–Crippen MR) is 52.6 cm³/mol. The van der Waals surface area contributed by atoms with Crippen molar-refractivity contribution in [2.24, 2.45) is 0 Å². The molecule has 1 atom stereocenters. The minimum absolute atomic E-state index is 0.602. The van der Waals surface area contributed by atoms with Gasteiger partial charge in [-0.05, 0) is 31.8 Å². The van der Waals surface area contributed by atoms with E-state index in [4.69, 9.17) is 5.11 Å². The molecular weight excluding hydrogens is 176 g/mol. The van der Waals surface area contributed by atoms with E-state index in [1.54, 1.807) is 13.3 Å². The van der Waals surface area contributed by atoms with Gasteiger partial charge in [-0.15, -0.1) is 0 Å². The van der Waals surface area contributed by atoms with Crippen LogP contribution in [0, 0.1) is 11.8 Å². The van der Waals surface area contributed by atoms with Crippen molar-refractivity contribution >= 4 is 0 Å². The van der Waals surface area contributed by atoms with Gasteiger partial charge >= 0.3 is 0 Å². The lowest BCUT2D eigenvalue weighted by molar-refractivity contribution is 0.253. The first-order valence-corrected chi connectivity index (χ1v) is 4.77. The first-order valence-electron chi connectivity index (χ1n) is 4.77. The molecule has 0 aromatic carbocycles. The van der Waals surface area contributed by atoms with Gasteiger partial charge in [0.2, 0.25) is 0 Å². The van der Waals surface area contributed by atoms with Crippen LogP contribution in [0.5, 0.6) is 0 Å². The Morgan fingerprint density at radius 1 is 1.50 bits per heavy atom. The summed E-state index contributed by atoms with van der Waals surface area (Å²) in [5.74, 6) is 6.10. The van der Waals surface area contributed by atoms with E-state index < -0.39 is 6.10 Å². The standard InChI is InChI=1S/C11H12N2O/c1-8(14)2-5-10-6-11(9-3-4-9)13-7-12-10/h6-9,14H,3-4H2,1H3/t8-/m1/s1. The van der Waals surface area contributed by atoms with Gasteiger partial charge in [0.25, 0.3) is 0 Å². The third kappa shape index (κ3) is 2.30. The normalized spacial score (nSPS) is 17.0. The maximum absolute atomic E-state index is 8.99. The first-order chi connectivity index (χ1) is 6.75. The molecule has 0 spiro atoms. The van der Waals surface area contributed by atoms with Gasteiger partial charge in [-0.25, -0.2) is 9.97 Å². The van der Waals surface area contributed by atoms with Crippen LogP contribution in [0.2, 0.25) is 0 Å². The van der Waals surface area contributed by atoms with Crippen molar-refractivity contribution < 1.29 is 5.11 Å². The topological polar surface area (TPSA) is 46.0 Å². The second-order valence-electron chi connectivity index (χ2n) is 3.55. The highest BCUT2D eigenvalue weighted by atomic mass is 16.3. The molecule has 0 radical (unpaired) electrons. The third-order valence-electron chi connectivity index (χ3n) is 2.09. The van der Waals surface area contributed by atoms with Gasteiger partial charge in [-0.1, -0.05) is 5.92 Å². The molecule has 2 rings (SSSR count). The summed E-state index contributed by atoms with van der Waals surface area (Å²) < 4.78 is 0. The van der Waals surface area contributed by atoms with E-state index in [1.807, 2.05) is 6.07 Å². The van der Waals surface area contributed by atoms with E-state index in [0.717, 1.165) is 5.69 Å². The summed E-state index contributed by atoms with van der Waals surface area (Å²) in [5, 5.41) is 8.99. The molecule has 1 aromatic heterocycles. The molecule has 1 aromatic rings. The fraction of sp³-hybridized carbons (Fsp3) is 0.455. The monoisotopic (exact) mass is 188 g/mol. The summed E-state index contributed by atoms with van der Waals surface area (Å²) in [6.45, 7) is 1.63. The lowest BCUT2D eigenvalue weighted by atomic mass is 10.2. The molecule has 3 nitrogen and oxygen atoms in total. The quantitative estimate of drug-likeness (QED) is 0.671. The van der Waals surface area contributed by atoms with Crippen LogP contribution in [-0.2, 0) is 0 Å². The Morgan fingerprint density at radius 3 is 2.93 bits per heavy atom. The average Bonchev–Trinajstić information content (AvgIpc) is 2.98. The van der Waals surface area contributed by atoms with Crippen LogP contribution in [-0.4, -0.2) is 21.2 Å². The van der Waals surface area contributed by atoms with E-state index >= 15 is 0 Å². The smallest absolute Gasteiger partial charge is 0.117 e. The van der Waals surface area contributed by atoms with E-state index in [1.165, 1.54) is 12.8 Å². The molecule has 1 saturated carbocycles. The Labute approximate surface area is 83.2 Å².